The van der Waals surface area contributed by atoms with Gasteiger partial charge in [0.15, 0.2) is 12.4 Å². The number of para-hydroxylation sites is 1. The highest BCUT2D eigenvalue weighted by atomic mass is 19.1. The first kappa shape index (κ1) is 19.1. The standard InChI is InChI=1S/C19H18FNO5/c1-12(22)13-7-8-17(25-2)14(9-13)10-19(24)26-11-18(23)21-16-6-4-3-5-15(16)20/h3-9H,10-11H2,1-2H3,(H,21,23). The minimum Gasteiger partial charge on any atom is -0.496 e. The molecule has 1 N–H and O–H groups in total. The molecule has 0 unspecified atom stereocenters. The van der Waals surface area contributed by atoms with Crippen LogP contribution in [0.2, 0.25) is 0 Å². The molecule has 1 amide bonds. The molecular weight excluding hydrogens is 341 g/mol. The topological polar surface area (TPSA) is 81.7 Å². The monoisotopic (exact) mass is 359 g/mol. The summed E-state index contributed by atoms with van der Waals surface area (Å²) in [5, 5.41) is 2.32. The van der Waals surface area contributed by atoms with E-state index < -0.39 is 24.3 Å². The minimum atomic E-state index is -0.673. The van der Waals surface area contributed by atoms with Crippen molar-refractivity contribution in [1.29, 1.82) is 0 Å². The van der Waals surface area contributed by atoms with E-state index in [1.807, 2.05) is 0 Å². The van der Waals surface area contributed by atoms with Crippen molar-refractivity contribution in [3.63, 3.8) is 0 Å². The van der Waals surface area contributed by atoms with Gasteiger partial charge in [0.1, 0.15) is 11.6 Å². The second-order valence-electron chi connectivity index (χ2n) is 5.45. The average molecular weight is 359 g/mol. The number of carbonyl (C=O) groups excluding carboxylic acids is 3. The lowest BCUT2D eigenvalue weighted by molar-refractivity contribution is -0.146. The quantitative estimate of drug-likeness (QED) is 0.607. The molecule has 6 nitrogen and oxygen atoms in total. The van der Waals surface area contributed by atoms with E-state index in [0.29, 0.717) is 16.9 Å². The van der Waals surface area contributed by atoms with Crippen molar-refractivity contribution in [3.8, 4) is 5.75 Å². The number of carbonyl (C=O) groups is 3. The molecule has 0 aliphatic heterocycles. The number of anilines is 1. The lowest BCUT2D eigenvalue weighted by atomic mass is 10.0. The molecule has 26 heavy (non-hydrogen) atoms. The second-order valence-corrected chi connectivity index (χ2v) is 5.45. The molecule has 0 atom stereocenters. The zero-order chi connectivity index (χ0) is 19.1. The summed E-state index contributed by atoms with van der Waals surface area (Å²) in [6, 6.07) is 10.4. The van der Waals surface area contributed by atoms with Gasteiger partial charge in [0.25, 0.3) is 5.91 Å². The molecule has 136 valence electrons. The number of Topliss-reactive ketones (excluding diaryl/α,β-unsaturated/α-hetero) is 1. The molecule has 0 aliphatic rings. The van der Waals surface area contributed by atoms with Crippen LogP contribution in [0, 0.1) is 5.82 Å². The van der Waals surface area contributed by atoms with Gasteiger partial charge in [-0.1, -0.05) is 12.1 Å². The Morgan fingerprint density at radius 2 is 1.85 bits per heavy atom. The summed E-state index contributed by atoms with van der Waals surface area (Å²) in [6.07, 6.45) is -0.169. The SMILES string of the molecule is COc1ccc(C(C)=O)cc1CC(=O)OCC(=O)Nc1ccccc1F. The molecule has 0 saturated heterocycles. The van der Waals surface area contributed by atoms with E-state index in [4.69, 9.17) is 9.47 Å². The Kier molecular flexibility index (Phi) is 6.43. The van der Waals surface area contributed by atoms with Crippen LogP contribution in [0.1, 0.15) is 22.8 Å². The van der Waals surface area contributed by atoms with Crippen LogP contribution in [0.4, 0.5) is 10.1 Å². The molecule has 0 spiro atoms. The Morgan fingerprint density at radius 3 is 2.50 bits per heavy atom. The maximum atomic E-state index is 13.5. The fraction of sp³-hybridized carbons (Fsp3) is 0.211. The van der Waals surface area contributed by atoms with Gasteiger partial charge in [0.2, 0.25) is 0 Å². The predicted octanol–water partition coefficient (Wildman–Crippen LogP) is 2.76. The number of nitrogens with one attached hydrogen (secondary N) is 1. The molecule has 0 fully saturated rings. The summed E-state index contributed by atoms with van der Waals surface area (Å²) in [4.78, 5) is 35.2. The van der Waals surface area contributed by atoms with Gasteiger partial charge in [-0.2, -0.15) is 0 Å². The number of halogens is 1. The van der Waals surface area contributed by atoms with Gasteiger partial charge in [-0.25, -0.2) is 4.39 Å². The third-order valence-corrected chi connectivity index (χ3v) is 3.53. The smallest absolute Gasteiger partial charge is 0.310 e. The zero-order valence-corrected chi connectivity index (χ0v) is 14.4. The Balaban J connectivity index is 1.94. The molecule has 0 bridgehead atoms. The van der Waals surface area contributed by atoms with Crippen molar-refractivity contribution >= 4 is 23.3 Å². The van der Waals surface area contributed by atoms with Crippen molar-refractivity contribution in [2.75, 3.05) is 19.0 Å². The van der Waals surface area contributed by atoms with Gasteiger partial charge < -0.3 is 14.8 Å². The number of ether oxygens (including phenoxy) is 2. The maximum Gasteiger partial charge on any atom is 0.310 e. The fourth-order valence-corrected chi connectivity index (χ4v) is 2.24. The number of rotatable bonds is 7. The predicted molar refractivity (Wildman–Crippen MR) is 92.7 cm³/mol. The zero-order valence-electron chi connectivity index (χ0n) is 14.4. The van der Waals surface area contributed by atoms with Crippen LogP contribution in [0.3, 0.4) is 0 Å². The number of amides is 1. The van der Waals surface area contributed by atoms with Crippen LogP contribution in [0.5, 0.6) is 5.75 Å². The van der Waals surface area contributed by atoms with Crippen LogP contribution in [-0.4, -0.2) is 31.4 Å². The number of methoxy groups -OCH3 is 1. The van der Waals surface area contributed by atoms with Crippen molar-refractivity contribution in [3.05, 3.63) is 59.4 Å². The Morgan fingerprint density at radius 1 is 1.12 bits per heavy atom. The summed E-state index contributed by atoms with van der Waals surface area (Å²) in [7, 11) is 1.44. The van der Waals surface area contributed by atoms with E-state index in [1.54, 1.807) is 24.3 Å². The van der Waals surface area contributed by atoms with Gasteiger partial charge in [-0.05, 0) is 37.3 Å². The number of benzene rings is 2. The highest BCUT2D eigenvalue weighted by Gasteiger charge is 2.14. The van der Waals surface area contributed by atoms with Gasteiger partial charge >= 0.3 is 5.97 Å². The maximum absolute atomic E-state index is 13.5. The molecule has 0 radical (unpaired) electrons. The Hall–Kier alpha value is -3.22. The first-order valence-corrected chi connectivity index (χ1v) is 7.78. The highest BCUT2D eigenvalue weighted by molar-refractivity contribution is 5.95. The van der Waals surface area contributed by atoms with Crippen LogP contribution in [0.15, 0.2) is 42.5 Å². The van der Waals surface area contributed by atoms with Gasteiger partial charge in [0, 0.05) is 11.1 Å². The number of hydrogen-bond acceptors (Lipinski definition) is 5. The highest BCUT2D eigenvalue weighted by Crippen LogP contribution is 2.21. The van der Waals surface area contributed by atoms with Crippen molar-refractivity contribution in [2.45, 2.75) is 13.3 Å². The summed E-state index contributed by atoms with van der Waals surface area (Å²) in [6.45, 7) is 0.860. The summed E-state index contributed by atoms with van der Waals surface area (Å²) >= 11 is 0. The van der Waals surface area contributed by atoms with Crippen molar-refractivity contribution < 1.29 is 28.2 Å². The third kappa shape index (κ3) is 5.14. The van der Waals surface area contributed by atoms with E-state index in [1.165, 1.54) is 32.2 Å². The van der Waals surface area contributed by atoms with Crippen molar-refractivity contribution in [1.82, 2.24) is 0 Å². The van der Waals surface area contributed by atoms with E-state index in [9.17, 15) is 18.8 Å². The average Bonchev–Trinajstić information content (AvgIpc) is 2.62. The first-order valence-electron chi connectivity index (χ1n) is 7.78. The summed E-state index contributed by atoms with van der Waals surface area (Å²) < 4.78 is 23.5. The molecule has 0 saturated carbocycles. The van der Waals surface area contributed by atoms with E-state index in [-0.39, 0.29) is 17.9 Å². The Bertz CT molecular complexity index is 834. The molecule has 7 heteroatoms. The Labute approximate surface area is 149 Å². The summed E-state index contributed by atoms with van der Waals surface area (Å²) in [5.74, 6) is -1.63. The molecule has 0 heterocycles. The first-order chi connectivity index (χ1) is 12.4. The van der Waals surface area contributed by atoms with Crippen molar-refractivity contribution in [2.24, 2.45) is 0 Å². The van der Waals surface area contributed by atoms with Crippen LogP contribution in [0.25, 0.3) is 0 Å². The van der Waals surface area contributed by atoms with Crippen LogP contribution in [-0.2, 0) is 20.7 Å². The largest absolute Gasteiger partial charge is 0.496 e. The molecule has 0 aliphatic carbocycles. The van der Waals surface area contributed by atoms with Gasteiger partial charge in [-0.15, -0.1) is 0 Å². The fourth-order valence-electron chi connectivity index (χ4n) is 2.24. The molecule has 2 rings (SSSR count). The lowest BCUT2D eigenvalue weighted by Gasteiger charge is -2.10. The van der Waals surface area contributed by atoms with Gasteiger partial charge in [-0.3, -0.25) is 14.4 Å². The molecule has 2 aromatic carbocycles. The third-order valence-electron chi connectivity index (χ3n) is 3.53. The molecular formula is C19H18FNO5. The minimum absolute atomic E-state index is 0.00405. The van der Waals surface area contributed by atoms with Gasteiger partial charge in [0.05, 0.1) is 19.2 Å². The number of hydrogen-bond donors (Lipinski definition) is 1. The lowest BCUT2D eigenvalue weighted by Crippen LogP contribution is -2.22. The molecule has 2 aromatic rings. The van der Waals surface area contributed by atoms with E-state index in [2.05, 4.69) is 5.32 Å². The van der Waals surface area contributed by atoms with E-state index >= 15 is 0 Å². The molecule has 0 aromatic heterocycles. The number of ketones is 1. The van der Waals surface area contributed by atoms with Crippen LogP contribution < -0.4 is 10.1 Å². The second kappa shape index (κ2) is 8.75. The van der Waals surface area contributed by atoms with Crippen LogP contribution >= 0.6 is 0 Å². The summed E-state index contributed by atoms with van der Waals surface area (Å²) in [5.41, 5.74) is 0.912. The normalized spacial score (nSPS) is 10.1. The van der Waals surface area contributed by atoms with E-state index in [0.717, 1.165) is 0 Å². The number of esters is 1.